The van der Waals surface area contributed by atoms with Crippen molar-refractivity contribution in [2.45, 2.75) is 19.2 Å². The van der Waals surface area contributed by atoms with Crippen LogP contribution in [0.4, 0.5) is 13.2 Å². The van der Waals surface area contributed by atoms with Crippen molar-refractivity contribution in [2.75, 3.05) is 39.4 Å². The molecule has 0 radical (unpaired) electrons. The van der Waals surface area contributed by atoms with Crippen LogP contribution in [-0.2, 0) is 15.7 Å². The lowest BCUT2D eigenvalue weighted by atomic mass is 10.2. The first-order chi connectivity index (χ1) is 11.4. The van der Waals surface area contributed by atoms with Crippen molar-refractivity contribution < 1.29 is 27.4 Å². The molecule has 1 aliphatic heterocycles. The highest BCUT2D eigenvalue weighted by Crippen LogP contribution is 2.36. The summed E-state index contributed by atoms with van der Waals surface area (Å²) in [5.41, 5.74) is -0.891. The molecule has 0 aliphatic carbocycles. The number of nitrogens with one attached hydrogen (secondary N) is 1. The highest BCUT2D eigenvalue weighted by atomic mass is 19.4. The van der Waals surface area contributed by atoms with Crippen LogP contribution in [-0.4, -0.2) is 56.3 Å². The average molecular weight is 346 g/mol. The number of para-hydroxylation sites is 1. The molecule has 1 atom stereocenters. The van der Waals surface area contributed by atoms with Crippen molar-refractivity contribution in [3.63, 3.8) is 0 Å². The van der Waals surface area contributed by atoms with Crippen molar-refractivity contribution in [3.8, 4) is 5.75 Å². The number of ether oxygens (including phenoxy) is 2. The fourth-order valence-corrected chi connectivity index (χ4v) is 2.35. The molecule has 1 amide bonds. The molecule has 24 heavy (non-hydrogen) atoms. The second kappa shape index (κ2) is 8.34. The first kappa shape index (κ1) is 18.5. The number of carbonyl (C=O) groups is 1. The van der Waals surface area contributed by atoms with Gasteiger partial charge in [0.1, 0.15) is 5.75 Å². The van der Waals surface area contributed by atoms with Gasteiger partial charge in [-0.2, -0.15) is 13.2 Å². The molecule has 1 N–H and O–H groups in total. The second-order valence-electron chi connectivity index (χ2n) is 5.50. The first-order valence-corrected chi connectivity index (χ1v) is 7.78. The lowest BCUT2D eigenvalue weighted by Crippen LogP contribution is -2.44. The van der Waals surface area contributed by atoms with Gasteiger partial charge in [-0.15, -0.1) is 0 Å². The van der Waals surface area contributed by atoms with Gasteiger partial charge in [0.25, 0.3) is 5.91 Å². The summed E-state index contributed by atoms with van der Waals surface area (Å²) < 4.78 is 49.2. The molecule has 1 unspecified atom stereocenters. The van der Waals surface area contributed by atoms with Crippen molar-refractivity contribution >= 4 is 5.91 Å². The molecule has 1 saturated heterocycles. The van der Waals surface area contributed by atoms with E-state index in [0.29, 0.717) is 26.3 Å². The van der Waals surface area contributed by atoms with Crippen LogP contribution >= 0.6 is 0 Å². The fourth-order valence-electron chi connectivity index (χ4n) is 2.35. The number of rotatable bonds is 6. The lowest BCUT2D eigenvalue weighted by Gasteiger charge is -2.26. The highest BCUT2D eigenvalue weighted by Gasteiger charge is 2.34. The molecular weight excluding hydrogens is 325 g/mol. The SMILES string of the molecule is CC(Oc1ccccc1C(F)(F)F)C(=O)NCCN1CCOCC1. The standard InChI is InChI=1S/C16H21F3N2O3/c1-12(15(22)20-6-7-21-8-10-23-11-9-21)24-14-5-3-2-4-13(14)16(17,18)19/h2-5,12H,6-11H2,1H3,(H,20,22). The maximum absolute atomic E-state index is 12.9. The Morgan fingerprint density at radius 1 is 1.33 bits per heavy atom. The molecule has 1 fully saturated rings. The van der Waals surface area contributed by atoms with E-state index in [0.717, 1.165) is 19.2 Å². The molecule has 5 nitrogen and oxygen atoms in total. The highest BCUT2D eigenvalue weighted by molar-refractivity contribution is 5.80. The number of benzene rings is 1. The van der Waals surface area contributed by atoms with E-state index in [-0.39, 0.29) is 5.75 Å². The molecule has 0 saturated carbocycles. The van der Waals surface area contributed by atoms with Crippen LogP contribution in [0.5, 0.6) is 5.75 Å². The number of halogens is 3. The van der Waals surface area contributed by atoms with Gasteiger partial charge in [0.05, 0.1) is 18.8 Å². The summed E-state index contributed by atoms with van der Waals surface area (Å²) in [4.78, 5) is 14.1. The van der Waals surface area contributed by atoms with E-state index in [1.165, 1.54) is 25.1 Å². The van der Waals surface area contributed by atoms with Crippen LogP contribution in [0.25, 0.3) is 0 Å². The third-order valence-electron chi connectivity index (χ3n) is 3.70. The van der Waals surface area contributed by atoms with Crippen LogP contribution in [0.15, 0.2) is 24.3 Å². The monoisotopic (exact) mass is 346 g/mol. The summed E-state index contributed by atoms with van der Waals surface area (Å²) in [5, 5.41) is 2.68. The predicted octanol–water partition coefficient (Wildman–Crippen LogP) is 1.92. The maximum Gasteiger partial charge on any atom is 0.419 e. The van der Waals surface area contributed by atoms with Crippen LogP contribution < -0.4 is 10.1 Å². The van der Waals surface area contributed by atoms with E-state index >= 15 is 0 Å². The average Bonchev–Trinajstić information content (AvgIpc) is 2.55. The third kappa shape index (κ3) is 5.38. The maximum atomic E-state index is 12.9. The first-order valence-electron chi connectivity index (χ1n) is 7.78. The van der Waals surface area contributed by atoms with Gasteiger partial charge < -0.3 is 14.8 Å². The molecule has 1 heterocycles. The van der Waals surface area contributed by atoms with Crippen molar-refractivity contribution in [1.82, 2.24) is 10.2 Å². The Kier molecular flexibility index (Phi) is 6.44. The Hall–Kier alpha value is -1.80. The number of hydrogen-bond donors (Lipinski definition) is 1. The van der Waals surface area contributed by atoms with Gasteiger partial charge in [-0.25, -0.2) is 0 Å². The minimum atomic E-state index is -4.52. The van der Waals surface area contributed by atoms with E-state index in [1.807, 2.05) is 0 Å². The fraction of sp³-hybridized carbons (Fsp3) is 0.562. The van der Waals surface area contributed by atoms with E-state index in [1.54, 1.807) is 0 Å². The van der Waals surface area contributed by atoms with Gasteiger partial charge in [0.2, 0.25) is 0 Å². The Labute approximate surface area is 138 Å². The van der Waals surface area contributed by atoms with Gasteiger partial charge in [0.15, 0.2) is 6.10 Å². The topological polar surface area (TPSA) is 50.8 Å². The van der Waals surface area contributed by atoms with Crippen LogP contribution in [0.2, 0.25) is 0 Å². The summed E-state index contributed by atoms with van der Waals surface area (Å²) in [6.45, 7) is 5.46. The third-order valence-corrected chi connectivity index (χ3v) is 3.70. The van der Waals surface area contributed by atoms with E-state index < -0.39 is 23.8 Å². The minimum absolute atomic E-state index is 0.346. The number of nitrogens with zero attached hydrogens (tertiary/aromatic N) is 1. The van der Waals surface area contributed by atoms with Gasteiger partial charge in [-0.05, 0) is 19.1 Å². The molecule has 8 heteroatoms. The molecule has 2 rings (SSSR count). The Morgan fingerprint density at radius 2 is 2.00 bits per heavy atom. The zero-order valence-electron chi connectivity index (χ0n) is 13.4. The zero-order valence-corrected chi connectivity index (χ0v) is 13.4. The van der Waals surface area contributed by atoms with Crippen molar-refractivity contribution in [3.05, 3.63) is 29.8 Å². The summed E-state index contributed by atoms with van der Waals surface area (Å²) in [5.74, 6) is -0.791. The molecule has 0 spiro atoms. The molecule has 1 aromatic carbocycles. The molecular formula is C16H21F3N2O3. The van der Waals surface area contributed by atoms with E-state index in [9.17, 15) is 18.0 Å². The zero-order chi connectivity index (χ0) is 17.6. The van der Waals surface area contributed by atoms with Gasteiger partial charge in [-0.3, -0.25) is 9.69 Å². The Balaban J connectivity index is 1.83. The van der Waals surface area contributed by atoms with Gasteiger partial charge >= 0.3 is 6.18 Å². The number of morpholine rings is 1. The largest absolute Gasteiger partial charge is 0.480 e. The number of carbonyl (C=O) groups excluding carboxylic acids is 1. The van der Waals surface area contributed by atoms with E-state index in [2.05, 4.69) is 10.2 Å². The molecule has 0 bridgehead atoms. The normalized spacial score (nSPS) is 17.3. The Morgan fingerprint density at radius 3 is 2.67 bits per heavy atom. The van der Waals surface area contributed by atoms with Gasteiger partial charge in [0, 0.05) is 26.2 Å². The summed E-state index contributed by atoms with van der Waals surface area (Å²) >= 11 is 0. The predicted molar refractivity (Wildman–Crippen MR) is 81.8 cm³/mol. The second-order valence-corrected chi connectivity index (χ2v) is 5.50. The summed E-state index contributed by atoms with van der Waals surface area (Å²) in [6.07, 6.45) is -5.54. The number of hydrogen-bond acceptors (Lipinski definition) is 4. The number of alkyl halides is 3. The summed E-state index contributed by atoms with van der Waals surface area (Å²) in [7, 11) is 0. The van der Waals surface area contributed by atoms with Crippen LogP contribution in [0.1, 0.15) is 12.5 Å². The Bertz CT molecular complexity index is 546. The van der Waals surface area contributed by atoms with Crippen LogP contribution in [0, 0.1) is 0 Å². The quantitative estimate of drug-likeness (QED) is 0.855. The van der Waals surface area contributed by atoms with Gasteiger partial charge in [-0.1, -0.05) is 12.1 Å². The van der Waals surface area contributed by atoms with Crippen molar-refractivity contribution in [1.29, 1.82) is 0 Å². The van der Waals surface area contributed by atoms with Crippen molar-refractivity contribution in [2.24, 2.45) is 0 Å². The molecule has 1 aliphatic rings. The lowest BCUT2D eigenvalue weighted by molar-refractivity contribution is -0.140. The van der Waals surface area contributed by atoms with E-state index in [4.69, 9.17) is 9.47 Å². The molecule has 1 aromatic rings. The molecule has 0 aromatic heterocycles. The van der Waals surface area contributed by atoms with Crippen LogP contribution in [0.3, 0.4) is 0 Å². The summed E-state index contributed by atoms with van der Waals surface area (Å²) in [6, 6.07) is 4.86. The molecule has 134 valence electrons. The smallest absolute Gasteiger partial charge is 0.419 e. The minimum Gasteiger partial charge on any atom is -0.480 e. The number of amides is 1.